The molecule has 6 nitrogen and oxygen atoms in total. The van der Waals surface area contributed by atoms with E-state index in [0.29, 0.717) is 17.4 Å². The zero-order valence-corrected chi connectivity index (χ0v) is 9.83. The molecule has 1 aromatic carbocycles. The lowest BCUT2D eigenvalue weighted by Crippen LogP contribution is -2.30. The fraction of sp³-hybridized carbons (Fsp3) is 0.200. The second-order valence-electron chi connectivity index (χ2n) is 3.71. The molecule has 0 fully saturated rings. The van der Waals surface area contributed by atoms with E-state index in [2.05, 4.69) is 20.4 Å². The van der Waals surface area contributed by atoms with Crippen LogP contribution in [0.25, 0.3) is 0 Å². The first-order valence-electron chi connectivity index (χ1n) is 5.08. The molecule has 2 aromatic rings. The topological polar surface area (TPSA) is 58.7 Å². The van der Waals surface area contributed by atoms with Gasteiger partial charge in [-0.2, -0.15) is 5.12 Å². The van der Waals surface area contributed by atoms with Crippen LogP contribution in [0.1, 0.15) is 11.4 Å². The molecule has 0 unspecified atom stereocenters. The van der Waals surface area contributed by atoms with Gasteiger partial charge in [-0.3, -0.25) is 0 Å². The van der Waals surface area contributed by atoms with Gasteiger partial charge in [-0.05, 0) is 24.3 Å². The van der Waals surface area contributed by atoms with Crippen molar-refractivity contribution >= 4 is 17.3 Å². The lowest BCUT2D eigenvalue weighted by molar-refractivity contribution is 0.511. The van der Waals surface area contributed by atoms with E-state index in [-0.39, 0.29) is 0 Å². The van der Waals surface area contributed by atoms with E-state index in [1.54, 1.807) is 22.3 Å². The first kappa shape index (κ1) is 10.2. The number of fused-ring (bicyclic) bond motifs is 1. The molecule has 0 radical (unpaired) electrons. The van der Waals surface area contributed by atoms with E-state index in [9.17, 15) is 0 Å². The normalized spacial score (nSPS) is 13.9. The summed E-state index contributed by atoms with van der Waals surface area (Å²) in [5, 5.41) is 14.6. The van der Waals surface area contributed by atoms with Gasteiger partial charge in [0.25, 0.3) is 0 Å². The van der Waals surface area contributed by atoms with Gasteiger partial charge < -0.3 is 0 Å². The Morgan fingerprint density at radius 1 is 1.35 bits per heavy atom. The molecule has 0 saturated heterocycles. The average molecular weight is 249 g/mol. The van der Waals surface area contributed by atoms with Crippen molar-refractivity contribution in [2.24, 2.45) is 10.3 Å². The zero-order chi connectivity index (χ0) is 11.8. The van der Waals surface area contributed by atoms with Gasteiger partial charge in [-0.15, -0.1) is 15.0 Å². The molecular formula is C10H9ClN6. The fourth-order valence-electron chi connectivity index (χ4n) is 1.61. The highest BCUT2D eigenvalue weighted by atomic mass is 35.5. The maximum atomic E-state index is 5.89. The van der Waals surface area contributed by atoms with E-state index in [1.807, 2.05) is 19.1 Å². The van der Waals surface area contributed by atoms with Gasteiger partial charge in [0.2, 0.25) is 0 Å². The van der Waals surface area contributed by atoms with Crippen LogP contribution in [0, 0.1) is 6.92 Å². The summed E-state index contributed by atoms with van der Waals surface area (Å²) < 4.78 is 0. The summed E-state index contributed by atoms with van der Waals surface area (Å²) >= 11 is 5.89. The summed E-state index contributed by atoms with van der Waals surface area (Å²) in [4.78, 5) is 5.62. The highest BCUT2D eigenvalue weighted by Crippen LogP contribution is 2.28. The van der Waals surface area contributed by atoms with Crippen molar-refractivity contribution < 1.29 is 0 Å². The van der Waals surface area contributed by atoms with Crippen molar-refractivity contribution in [2.75, 3.05) is 5.12 Å². The van der Waals surface area contributed by atoms with Gasteiger partial charge in [0, 0.05) is 10.6 Å². The van der Waals surface area contributed by atoms with Crippen LogP contribution in [0.15, 0.2) is 34.9 Å². The SMILES string of the molecule is Cc1ncn(N2Cc3ccc(Cl)cc3N=N2)n1. The minimum atomic E-state index is 0.596. The Labute approximate surface area is 102 Å². The largest absolute Gasteiger partial charge is 0.218 e. The molecule has 0 atom stereocenters. The highest BCUT2D eigenvalue weighted by molar-refractivity contribution is 6.30. The number of aryl methyl sites for hydroxylation is 1. The van der Waals surface area contributed by atoms with Gasteiger partial charge in [0.15, 0.2) is 0 Å². The molecule has 0 aliphatic carbocycles. The standard InChI is InChI=1S/C10H9ClN6/c1-7-12-6-17(14-7)16-5-8-2-3-9(11)4-10(8)13-15-16/h2-4,6H,5H2,1H3. The number of rotatable bonds is 1. The van der Waals surface area contributed by atoms with Crippen LogP contribution < -0.4 is 5.12 Å². The zero-order valence-electron chi connectivity index (χ0n) is 9.08. The van der Waals surface area contributed by atoms with E-state index in [1.165, 1.54) is 0 Å². The number of hydrogen-bond donors (Lipinski definition) is 0. The molecule has 0 amide bonds. The van der Waals surface area contributed by atoms with Crippen LogP contribution in [0.4, 0.5) is 5.69 Å². The second kappa shape index (κ2) is 3.81. The summed E-state index contributed by atoms with van der Waals surface area (Å²) in [7, 11) is 0. The second-order valence-corrected chi connectivity index (χ2v) is 4.14. The quantitative estimate of drug-likeness (QED) is 0.779. The third-order valence-corrected chi connectivity index (χ3v) is 2.68. The Hall–Kier alpha value is -1.95. The molecule has 0 bridgehead atoms. The molecule has 0 N–H and O–H groups in total. The summed E-state index contributed by atoms with van der Waals surface area (Å²) in [5.74, 6) is 0.696. The molecule has 1 aliphatic rings. The Morgan fingerprint density at radius 3 is 3.00 bits per heavy atom. The van der Waals surface area contributed by atoms with E-state index >= 15 is 0 Å². The molecule has 86 valence electrons. The lowest BCUT2D eigenvalue weighted by atomic mass is 10.2. The van der Waals surface area contributed by atoms with E-state index in [4.69, 9.17) is 11.6 Å². The maximum absolute atomic E-state index is 5.89. The molecule has 2 heterocycles. The molecule has 17 heavy (non-hydrogen) atoms. The number of benzene rings is 1. The van der Waals surface area contributed by atoms with Crippen molar-refractivity contribution in [3.63, 3.8) is 0 Å². The van der Waals surface area contributed by atoms with Crippen LogP contribution in [0.5, 0.6) is 0 Å². The number of nitrogens with zero attached hydrogens (tertiary/aromatic N) is 6. The number of aromatic nitrogens is 3. The van der Waals surface area contributed by atoms with Crippen LogP contribution in [0.2, 0.25) is 5.02 Å². The highest BCUT2D eigenvalue weighted by Gasteiger charge is 2.15. The predicted octanol–water partition coefficient (Wildman–Crippen LogP) is 2.39. The molecule has 1 aromatic heterocycles. The van der Waals surface area contributed by atoms with Crippen LogP contribution in [0.3, 0.4) is 0 Å². The first-order chi connectivity index (χ1) is 8.22. The van der Waals surface area contributed by atoms with Crippen LogP contribution >= 0.6 is 11.6 Å². The van der Waals surface area contributed by atoms with Crippen molar-refractivity contribution in [1.82, 2.24) is 14.9 Å². The minimum Gasteiger partial charge on any atom is -0.218 e. The van der Waals surface area contributed by atoms with Crippen molar-refractivity contribution in [3.8, 4) is 0 Å². The van der Waals surface area contributed by atoms with Crippen molar-refractivity contribution in [1.29, 1.82) is 0 Å². The molecule has 1 aliphatic heterocycles. The summed E-state index contributed by atoms with van der Waals surface area (Å²) in [6, 6.07) is 5.57. The van der Waals surface area contributed by atoms with Crippen molar-refractivity contribution in [3.05, 3.63) is 40.9 Å². The Bertz CT molecular complexity index is 590. The fourth-order valence-corrected chi connectivity index (χ4v) is 1.77. The third-order valence-electron chi connectivity index (χ3n) is 2.45. The van der Waals surface area contributed by atoms with Gasteiger partial charge >= 0.3 is 0 Å². The molecule has 0 saturated carbocycles. The summed E-state index contributed by atoms with van der Waals surface area (Å²) in [5.41, 5.74) is 1.85. The van der Waals surface area contributed by atoms with Gasteiger partial charge in [-0.1, -0.05) is 17.7 Å². The molecule has 3 rings (SSSR count). The minimum absolute atomic E-state index is 0.596. The smallest absolute Gasteiger partial charge is 0.149 e. The van der Waals surface area contributed by atoms with Crippen LogP contribution in [-0.2, 0) is 6.54 Å². The van der Waals surface area contributed by atoms with E-state index in [0.717, 1.165) is 11.3 Å². The van der Waals surface area contributed by atoms with Crippen LogP contribution in [-0.4, -0.2) is 14.9 Å². The third kappa shape index (κ3) is 1.87. The summed E-state index contributed by atoms with van der Waals surface area (Å²) in [6.07, 6.45) is 1.61. The lowest BCUT2D eigenvalue weighted by Gasteiger charge is -2.21. The monoisotopic (exact) mass is 248 g/mol. The number of hydrogen-bond acceptors (Lipinski definition) is 5. The van der Waals surface area contributed by atoms with Gasteiger partial charge in [0.05, 0.1) is 12.2 Å². The van der Waals surface area contributed by atoms with Crippen molar-refractivity contribution in [2.45, 2.75) is 13.5 Å². The van der Waals surface area contributed by atoms with Gasteiger partial charge in [0.1, 0.15) is 12.2 Å². The Balaban J connectivity index is 1.94. The average Bonchev–Trinajstić information content (AvgIpc) is 2.75. The maximum Gasteiger partial charge on any atom is 0.149 e. The number of halogens is 1. The molecule has 7 heteroatoms. The van der Waals surface area contributed by atoms with E-state index < -0.39 is 0 Å². The Kier molecular flexibility index (Phi) is 2.29. The summed E-state index contributed by atoms with van der Waals surface area (Å²) in [6.45, 7) is 2.42. The molecule has 0 spiro atoms. The first-order valence-corrected chi connectivity index (χ1v) is 5.46. The Morgan fingerprint density at radius 2 is 2.24 bits per heavy atom. The predicted molar refractivity (Wildman–Crippen MR) is 62.6 cm³/mol. The van der Waals surface area contributed by atoms with Gasteiger partial charge in [-0.25, -0.2) is 4.98 Å². The molecular weight excluding hydrogens is 240 g/mol.